The number of hydrogen-bond donors (Lipinski definition) is 0. The van der Waals surface area contributed by atoms with E-state index in [4.69, 9.17) is 0 Å². The van der Waals surface area contributed by atoms with E-state index < -0.39 is 0 Å². The lowest BCUT2D eigenvalue weighted by molar-refractivity contribution is 1.15. The summed E-state index contributed by atoms with van der Waals surface area (Å²) in [4.78, 5) is 13.7. The molecule has 4 nitrogen and oxygen atoms in total. The smallest absolute Gasteiger partial charge is 0.393 e. The normalized spacial score (nSPS) is 14.1. The van der Waals surface area contributed by atoms with Crippen LogP contribution in [0, 0.1) is 0 Å². The summed E-state index contributed by atoms with van der Waals surface area (Å²) >= 11 is 0. The zero-order valence-electron chi connectivity index (χ0n) is 14.3. The molecule has 0 atom stereocenters. The number of nitrogens with zero attached hydrogens (tertiary/aromatic N) is 4. The van der Waals surface area contributed by atoms with Crippen LogP contribution in [0.25, 0.3) is 22.0 Å². The van der Waals surface area contributed by atoms with E-state index in [0.29, 0.717) is 0 Å². The lowest BCUT2D eigenvalue weighted by Crippen LogP contribution is -2.56. The van der Waals surface area contributed by atoms with Crippen LogP contribution in [-0.2, 0) is 0 Å². The van der Waals surface area contributed by atoms with Crippen LogP contribution in [0.5, 0.6) is 0 Å². The van der Waals surface area contributed by atoms with Crippen LogP contribution in [0.1, 0.15) is 0 Å². The van der Waals surface area contributed by atoms with Gasteiger partial charge in [0.05, 0.1) is 23.3 Å². The van der Waals surface area contributed by atoms with E-state index in [1.807, 2.05) is 6.20 Å². The number of benzene rings is 3. The zero-order chi connectivity index (χ0) is 17.3. The molecule has 26 heavy (non-hydrogen) atoms. The fraction of sp³-hybridized carbons (Fsp3) is 0.0476. The van der Waals surface area contributed by atoms with Crippen molar-refractivity contribution in [1.82, 2.24) is 9.97 Å². The molecule has 0 spiro atoms. The molecule has 0 bridgehead atoms. The van der Waals surface area contributed by atoms with E-state index >= 15 is 0 Å². The van der Waals surface area contributed by atoms with Gasteiger partial charge in [-0.25, -0.2) is 9.97 Å². The maximum Gasteiger partial charge on any atom is 0.416 e. The summed E-state index contributed by atoms with van der Waals surface area (Å²) in [5, 5.41) is 2.50. The Kier molecular flexibility index (Phi) is 2.59. The molecule has 0 radical (unpaired) electrons. The second-order valence-electron chi connectivity index (χ2n) is 6.89. The van der Waals surface area contributed by atoms with Crippen molar-refractivity contribution in [2.45, 2.75) is 0 Å². The minimum atomic E-state index is 0.116. The van der Waals surface area contributed by atoms with Gasteiger partial charge in [-0.3, -0.25) is 0 Å². The molecule has 0 fully saturated rings. The summed E-state index contributed by atoms with van der Waals surface area (Å²) in [6.45, 7) is 0.116. The summed E-state index contributed by atoms with van der Waals surface area (Å²) in [7, 11) is 2.16. The first-order valence-electron chi connectivity index (χ1n) is 8.77. The number of fused-ring (bicyclic) bond motifs is 9. The van der Waals surface area contributed by atoms with Crippen molar-refractivity contribution in [3.05, 3.63) is 73.2 Å². The third-order valence-electron chi connectivity index (χ3n) is 5.54. The van der Waals surface area contributed by atoms with Gasteiger partial charge in [0.1, 0.15) is 6.33 Å². The Morgan fingerprint density at radius 3 is 2.42 bits per heavy atom. The monoisotopic (exact) mass is 334 g/mol. The second kappa shape index (κ2) is 4.85. The predicted octanol–water partition coefficient (Wildman–Crippen LogP) is 3.59. The van der Waals surface area contributed by atoms with Gasteiger partial charge in [-0.1, -0.05) is 42.5 Å². The van der Waals surface area contributed by atoms with Gasteiger partial charge in [0, 0.05) is 11.3 Å². The maximum absolute atomic E-state index is 4.65. The summed E-state index contributed by atoms with van der Waals surface area (Å²) in [5.74, 6) is 0. The molecule has 1 aromatic heterocycles. The van der Waals surface area contributed by atoms with E-state index in [0.717, 1.165) is 11.4 Å². The lowest BCUT2D eigenvalue weighted by Gasteiger charge is -2.34. The molecule has 0 aliphatic carbocycles. The van der Waals surface area contributed by atoms with Gasteiger partial charge >= 0.3 is 6.98 Å². The highest BCUT2D eigenvalue weighted by molar-refractivity contribution is 6.85. The molecule has 2 aliphatic rings. The summed E-state index contributed by atoms with van der Waals surface area (Å²) in [6.07, 6.45) is 3.58. The summed E-state index contributed by atoms with van der Waals surface area (Å²) < 4.78 is 0. The number of anilines is 3. The van der Waals surface area contributed by atoms with Crippen LogP contribution in [0.15, 0.2) is 73.2 Å². The average Bonchev–Trinajstić information content (AvgIpc) is 3.00. The second-order valence-corrected chi connectivity index (χ2v) is 6.89. The highest BCUT2D eigenvalue weighted by Crippen LogP contribution is 2.47. The molecule has 0 unspecified atom stereocenters. The van der Waals surface area contributed by atoms with Gasteiger partial charge in [0.25, 0.3) is 0 Å². The average molecular weight is 334 g/mol. The summed E-state index contributed by atoms with van der Waals surface area (Å²) in [6, 6.07) is 21.6. The fourth-order valence-electron chi connectivity index (χ4n) is 4.39. The van der Waals surface area contributed by atoms with E-state index in [1.54, 1.807) is 6.33 Å². The van der Waals surface area contributed by atoms with Gasteiger partial charge in [-0.15, -0.1) is 0 Å². The molecular weight excluding hydrogens is 319 g/mol. The van der Waals surface area contributed by atoms with Crippen molar-refractivity contribution in [2.75, 3.05) is 16.7 Å². The Hall–Kier alpha value is -3.34. The van der Waals surface area contributed by atoms with Crippen LogP contribution in [0.3, 0.4) is 0 Å². The topological polar surface area (TPSA) is 32.3 Å². The SMILES string of the molecule is CN1B2c3cc4ccccc4cc3-c3ncncc3N2c2ccccc21. The summed E-state index contributed by atoms with van der Waals surface area (Å²) in [5.41, 5.74) is 6.98. The quantitative estimate of drug-likeness (QED) is 0.460. The highest BCUT2D eigenvalue weighted by Gasteiger charge is 2.46. The molecule has 3 heterocycles. The highest BCUT2D eigenvalue weighted by atomic mass is 15.3. The first kappa shape index (κ1) is 13.9. The Morgan fingerprint density at radius 1 is 0.846 bits per heavy atom. The number of para-hydroxylation sites is 2. The number of aromatic nitrogens is 2. The predicted molar refractivity (Wildman–Crippen MR) is 107 cm³/mol. The van der Waals surface area contributed by atoms with Crippen molar-refractivity contribution in [1.29, 1.82) is 0 Å². The Morgan fingerprint density at radius 2 is 1.58 bits per heavy atom. The molecular formula is C21H15BN4. The van der Waals surface area contributed by atoms with Crippen molar-refractivity contribution in [2.24, 2.45) is 0 Å². The van der Waals surface area contributed by atoms with Crippen molar-refractivity contribution >= 4 is 40.3 Å². The molecule has 0 saturated heterocycles. The molecule has 122 valence electrons. The molecule has 2 aliphatic heterocycles. The van der Waals surface area contributed by atoms with Gasteiger partial charge in [0.15, 0.2) is 0 Å². The number of rotatable bonds is 0. The first-order valence-corrected chi connectivity index (χ1v) is 8.77. The van der Waals surface area contributed by atoms with Crippen LogP contribution >= 0.6 is 0 Å². The minimum Gasteiger partial charge on any atom is -0.393 e. The van der Waals surface area contributed by atoms with Gasteiger partial charge in [0.2, 0.25) is 0 Å². The van der Waals surface area contributed by atoms with Crippen LogP contribution in [0.4, 0.5) is 17.1 Å². The van der Waals surface area contributed by atoms with Crippen molar-refractivity contribution in [3.63, 3.8) is 0 Å². The van der Waals surface area contributed by atoms with E-state index in [2.05, 4.69) is 87.3 Å². The van der Waals surface area contributed by atoms with Crippen molar-refractivity contribution < 1.29 is 0 Å². The molecule has 0 saturated carbocycles. The Bertz CT molecular complexity index is 1190. The minimum absolute atomic E-state index is 0.116. The first-order chi connectivity index (χ1) is 12.8. The van der Waals surface area contributed by atoms with Gasteiger partial charge in [-0.05, 0) is 41.5 Å². The van der Waals surface area contributed by atoms with E-state index in [9.17, 15) is 0 Å². The van der Waals surface area contributed by atoms with E-state index in [1.165, 1.54) is 33.2 Å². The Balaban J connectivity index is 1.73. The van der Waals surface area contributed by atoms with E-state index in [-0.39, 0.29) is 6.98 Å². The molecule has 5 heteroatoms. The molecule has 6 rings (SSSR count). The van der Waals surface area contributed by atoms with Crippen LogP contribution in [-0.4, -0.2) is 24.0 Å². The standard InChI is InChI=1S/C21H15BN4/c1-25-18-8-4-5-9-19(18)26-20-12-23-13-24-21(20)16-10-14-6-2-3-7-15(14)11-17(16)22(25)26/h2-13H,1H3. The molecule has 3 aromatic carbocycles. The number of hydrogen-bond acceptors (Lipinski definition) is 4. The Labute approximate surface area is 151 Å². The third-order valence-corrected chi connectivity index (χ3v) is 5.54. The van der Waals surface area contributed by atoms with Crippen LogP contribution in [0.2, 0.25) is 0 Å². The fourth-order valence-corrected chi connectivity index (χ4v) is 4.39. The van der Waals surface area contributed by atoms with Crippen molar-refractivity contribution in [3.8, 4) is 11.3 Å². The molecule has 4 aromatic rings. The third kappa shape index (κ3) is 1.65. The van der Waals surface area contributed by atoms with Gasteiger partial charge in [-0.2, -0.15) is 0 Å². The molecule has 0 amide bonds. The maximum atomic E-state index is 4.65. The lowest BCUT2D eigenvalue weighted by atomic mass is 9.60. The molecule has 0 N–H and O–H groups in total. The van der Waals surface area contributed by atoms with Gasteiger partial charge < -0.3 is 9.62 Å². The van der Waals surface area contributed by atoms with Crippen LogP contribution < -0.4 is 15.1 Å². The zero-order valence-corrected chi connectivity index (χ0v) is 14.3. The largest absolute Gasteiger partial charge is 0.416 e.